The van der Waals surface area contributed by atoms with Crippen molar-refractivity contribution in [2.24, 2.45) is 5.18 Å². The second-order valence-electron chi connectivity index (χ2n) is 4.96. The Morgan fingerprint density at radius 3 is 2.27 bits per heavy atom. The fraction of sp³-hybridized carbons (Fsp3) is 0.111. The fourth-order valence-corrected chi connectivity index (χ4v) is 2.47. The Kier molecular flexibility index (Phi) is 4.30. The molecule has 0 saturated heterocycles. The van der Waals surface area contributed by atoms with E-state index < -0.39 is 6.04 Å². The predicted molar refractivity (Wildman–Crippen MR) is 85.4 cm³/mol. The molecule has 3 rings (SSSR count). The van der Waals surface area contributed by atoms with Crippen molar-refractivity contribution in [2.75, 3.05) is 0 Å². The van der Waals surface area contributed by atoms with E-state index >= 15 is 0 Å². The minimum absolute atomic E-state index is 0.596. The molecule has 0 N–H and O–H groups in total. The first-order valence-electron chi connectivity index (χ1n) is 7.09. The van der Waals surface area contributed by atoms with Crippen LogP contribution in [0.2, 0.25) is 0 Å². The summed E-state index contributed by atoms with van der Waals surface area (Å²) in [4.78, 5) is 20.0. The third-order valence-corrected chi connectivity index (χ3v) is 3.52. The summed E-state index contributed by atoms with van der Waals surface area (Å²) in [5.41, 5.74) is 3.53. The maximum atomic E-state index is 11.4. The van der Waals surface area contributed by atoms with E-state index in [-0.39, 0.29) is 0 Å². The van der Waals surface area contributed by atoms with Crippen LogP contribution in [0.1, 0.15) is 28.6 Å². The lowest BCUT2D eigenvalue weighted by atomic mass is 9.95. The van der Waals surface area contributed by atoms with Crippen LogP contribution < -0.4 is 0 Å². The van der Waals surface area contributed by atoms with Gasteiger partial charge in [-0.2, -0.15) is 0 Å². The zero-order chi connectivity index (χ0) is 15.2. The zero-order valence-electron chi connectivity index (χ0n) is 12.0. The Hall–Kier alpha value is -2.88. The number of rotatable bonds is 5. The van der Waals surface area contributed by atoms with Crippen LogP contribution in [0.4, 0.5) is 0 Å². The van der Waals surface area contributed by atoms with Gasteiger partial charge >= 0.3 is 0 Å². The average Bonchev–Trinajstić information content (AvgIpc) is 2.59. The summed E-state index contributed by atoms with van der Waals surface area (Å²) < 4.78 is 0. The van der Waals surface area contributed by atoms with Crippen LogP contribution >= 0.6 is 0 Å². The molecule has 3 aromatic rings. The largest absolute Gasteiger partial charge is 0.261 e. The van der Waals surface area contributed by atoms with Crippen molar-refractivity contribution in [1.29, 1.82) is 0 Å². The van der Waals surface area contributed by atoms with Crippen molar-refractivity contribution in [1.82, 2.24) is 9.97 Å². The van der Waals surface area contributed by atoms with Crippen molar-refractivity contribution in [3.05, 3.63) is 100 Å². The van der Waals surface area contributed by atoms with Crippen LogP contribution in [0.3, 0.4) is 0 Å². The van der Waals surface area contributed by atoms with Crippen molar-refractivity contribution in [3.8, 4) is 0 Å². The number of benzene rings is 1. The van der Waals surface area contributed by atoms with Gasteiger partial charge in [-0.25, -0.2) is 0 Å². The van der Waals surface area contributed by atoms with Crippen molar-refractivity contribution in [3.63, 3.8) is 0 Å². The normalized spacial score (nSPS) is 11.8. The summed E-state index contributed by atoms with van der Waals surface area (Å²) in [6, 6.07) is 18.5. The van der Waals surface area contributed by atoms with Crippen LogP contribution in [0.25, 0.3) is 0 Å². The molecule has 0 bridgehead atoms. The maximum Gasteiger partial charge on any atom is 0.159 e. The minimum Gasteiger partial charge on any atom is -0.261 e. The highest BCUT2D eigenvalue weighted by Gasteiger charge is 2.19. The van der Waals surface area contributed by atoms with E-state index in [2.05, 4.69) is 15.1 Å². The molecule has 0 aliphatic heterocycles. The predicted octanol–water partition coefficient (Wildman–Crippen LogP) is 3.92. The lowest BCUT2D eigenvalue weighted by Crippen LogP contribution is -2.05. The fourth-order valence-electron chi connectivity index (χ4n) is 2.47. The van der Waals surface area contributed by atoms with Crippen LogP contribution in [-0.4, -0.2) is 9.97 Å². The average molecular weight is 289 g/mol. The minimum atomic E-state index is -0.596. The van der Waals surface area contributed by atoms with Crippen molar-refractivity contribution in [2.45, 2.75) is 12.5 Å². The SMILES string of the molecule is O=NC(c1ccccn1)c1ccccc1Cc1ccccn1. The third-order valence-electron chi connectivity index (χ3n) is 3.52. The highest BCUT2D eigenvalue weighted by atomic mass is 16.3. The smallest absolute Gasteiger partial charge is 0.159 e. The van der Waals surface area contributed by atoms with Gasteiger partial charge < -0.3 is 0 Å². The van der Waals surface area contributed by atoms with E-state index in [0.717, 1.165) is 16.8 Å². The monoisotopic (exact) mass is 289 g/mol. The molecular weight excluding hydrogens is 274 g/mol. The first-order valence-corrected chi connectivity index (χ1v) is 7.09. The highest BCUT2D eigenvalue weighted by molar-refractivity contribution is 5.37. The van der Waals surface area contributed by atoms with E-state index in [1.54, 1.807) is 12.4 Å². The first kappa shape index (κ1) is 14.1. The van der Waals surface area contributed by atoms with Gasteiger partial charge in [-0.1, -0.05) is 41.6 Å². The number of aromatic nitrogens is 2. The van der Waals surface area contributed by atoms with Crippen molar-refractivity contribution >= 4 is 0 Å². The molecule has 4 nitrogen and oxygen atoms in total. The molecule has 4 heteroatoms. The van der Waals surface area contributed by atoms with Gasteiger partial charge in [0.25, 0.3) is 0 Å². The summed E-state index contributed by atoms with van der Waals surface area (Å²) in [7, 11) is 0. The molecule has 0 fully saturated rings. The lowest BCUT2D eigenvalue weighted by Gasteiger charge is -2.14. The van der Waals surface area contributed by atoms with Crippen LogP contribution in [0.15, 0.2) is 78.2 Å². The molecule has 22 heavy (non-hydrogen) atoms. The van der Waals surface area contributed by atoms with Gasteiger partial charge in [0.1, 0.15) is 0 Å². The molecule has 0 aliphatic rings. The van der Waals surface area contributed by atoms with Gasteiger partial charge in [0.15, 0.2) is 6.04 Å². The van der Waals surface area contributed by atoms with Gasteiger partial charge in [-0.05, 0) is 35.4 Å². The molecule has 0 spiro atoms. The van der Waals surface area contributed by atoms with Gasteiger partial charge in [-0.15, -0.1) is 4.91 Å². The van der Waals surface area contributed by atoms with Crippen LogP contribution in [-0.2, 0) is 6.42 Å². The van der Waals surface area contributed by atoms with Gasteiger partial charge in [0.05, 0.1) is 5.69 Å². The Balaban J connectivity index is 1.98. The summed E-state index contributed by atoms with van der Waals surface area (Å²) in [6.45, 7) is 0. The third kappa shape index (κ3) is 3.06. The number of hydrogen-bond acceptors (Lipinski definition) is 4. The summed E-state index contributed by atoms with van der Waals surface area (Å²) in [5.74, 6) is 0. The molecule has 0 amide bonds. The lowest BCUT2D eigenvalue weighted by molar-refractivity contribution is 0.808. The van der Waals surface area contributed by atoms with Crippen molar-refractivity contribution < 1.29 is 0 Å². The first-order chi connectivity index (χ1) is 10.9. The Morgan fingerprint density at radius 2 is 1.59 bits per heavy atom. The standard InChI is InChI=1S/C18H15N3O/c22-21-18(17-10-4-6-12-20-17)16-9-2-1-7-14(16)13-15-8-3-5-11-19-15/h1-12,18H,13H2. The maximum absolute atomic E-state index is 11.4. The Morgan fingerprint density at radius 1 is 0.864 bits per heavy atom. The molecule has 1 unspecified atom stereocenters. The highest BCUT2D eigenvalue weighted by Crippen LogP contribution is 2.28. The number of nitroso groups, excluding NO2 is 1. The van der Waals surface area contributed by atoms with Crippen LogP contribution in [0.5, 0.6) is 0 Å². The molecule has 2 aromatic heterocycles. The molecule has 108 valence electrons. The van der Waals surface area contributed by atoms with Gasteiger partial charge in [0.2, 0.25) is 0 Å². The molecule has 1 atom stereocenters. The zero-order valence-corrected chi connectivity index (χ0v) is 12.0. The second-order valence-corrected chi connectivity index (χ2v) is 4.96. The summed E-state index contributed by atoms with van der Waals surface area (Å²) >= 11 is 0. The number of hydrogen-bond donors (Lipinski definition) is 0. The van der Waals surface area contributed by atoms with Gasteiger partial charge in [0, 0.05) is 24.5 Å². The summed E-state index contributed by atoms with van der Waals surface area (Å²) in [6.07, 6.45) is 4.11. The number of pyridine rings is 2. The van der Waals surface area contributed by atoms with Gasteiger partial charge in [-0.3, -0.25) is 9.97 Å². The molecule has 0 saturated carbocycles. The van der Waals surface area contributed by atoms with E-state index in [9.17, 15) is 4.91 Å². The molecule has 0 radical (unpaired) electrons. The van der Waals surface area contributed by atoms with E-state index in [4.69, 9.17) is 0 Å². The molecule has 0 aliphatic carbocycles. The Labute approximate surface area is 128 Å². The van der Waals surface area contributed by atoms with E-state index in [1.807, 2.05) is 60.7 Å². The quantitative estimate of drug-likeness (QED) is 0.669. The van der Waals surface area contributed by atoms with E-state index in [0.29, 0.717) is 12.1 Å². The van der Waals surface area contributed by atoms with E-state index in [1.165, 1.54) is 0 Å². The molecule has 2 heterocycles. The Bertz CT molecular complexity index is 745. The molecule has 1 aromatic carbocycles. The topological polar surface area (TPSA) is 55.2 Å². The summed E-state index contributed by atoms with van der Waals surface area (Å²) in [5, 5.41) is 3.30. The molecular formula is C18H15N3O. The van der Waals surface area contributed by atoms with Crippen LogP contribution in [0, 0.1) is 4.91 Å². The second kappa shape index (κ2) is 6.72. The number of nitrogens with zero attached hydrogens (tertiary/aromatic N) is 3.